The van der Waals surface area contributed by atoms with Crippen LogP contribution in [0.2, 0.25) is 0 Å². The number of aryl methyl sites for hydroxylation is 1. The van der Waals surface area contributed by atoms with Gasteiger partial charge in [-0.3, -0.25) is 10.3 Å². The summed E-state index contributed by atoms with van der Waals surface area (Å²) in [5, 5.41) is 11.6. The van der Waals surface area contributed by atoms with Crippen LogP contribution in [-0.4, -0.2) is 43.5 Å². The van der Waals surface area contributed by atoms with Gasteiger partial charge in [-0.1, -0.05) is 19.9 Å². The number of amidine groups is 1. The topological polar surface area (TPSA) is 119 Å². The van der Waals surface area contributed by atoms with Gasteiger partial charge in [0.2, 0.25) is 0 Å². The zero-order valence-corrected chi connectivity index (χ0v) is 17.2. The van der Waals surface area contributed by atoms with E-state index in [1.54, 1.807) is 6.08 Å². The van der Waals surface area contributed by atoms with E-state index >= 15 is 0 Å². The Hall–Kier alpha value is -2.67. The van der Waals surface area contributed by atoms with Crippen molar-refractivity contribution in [2.45, 2.75) is 27.2 Å². The van der Waals surface area contributed by atoms with Gasteiger partial charge in [-0.25, -0.2) is 5.53 Å². The van der Waals surface area contributed by atoms with Crippen molar-refractivity contribution >= 4 is 11.5 Å². The van der Waals surface area contributed by atoms with Gasteiger partial charge in [0.25, 0.3) is 0 Å². The molecule has 1 fully saturated rings. The van der Waals surface area contributed by atoms with Crippen LogP contribution < -0.4 is 16.4 Å². The van der Waals surface area contributed by atoms with Crippen molar-refractivity contribution in [1.29, 1.82) is 10.9 Å². The molecule has 1 aromatic rings. The van der Waals surface area contributed by atoms with E-state index < -0.39 is 0 Å². The summed E-state index contributed by atoms with van der Waals surface area (Å²) in [5.41, 5.74) is 23.6. The number of rotatable bonds is 7. The molecule has 0 unspecified atom stereocenters. The van der Waals surface area contributed by atoms with Crippen LogP contribution in [0.4, 0.5) is 5.69 Å². The molecule has 0 saturated carbocycles. The van der Waals surface area contributed by atoms with E-state index in [2.05, 4.69) is 40.9 Å². The lowest BCUT2D eigenvalue weighted by Crippen LogP contribution is -2.47. The standard InChI is InChI=1S/C21H33N7/c1-15(2)11-17-12-16(3)20(21(24)26-25)19(13-17)28-9-7-27(8-10-28)14-18(23)5-4-6-22/h4-6,12-13,15,24-25H,7-11,14,22-23H2,1-3H3/b6-4-,18-5-,24-21?,26-25?. The van der Waals surface area contributed by atoms with E-state index in [4.69, 9.17) is 22.4 Å². The molecule has 0 spiro atoms. The molecule has 0 bridgehead atoms. The highest BCUT2D eigenvalue weighted by atomic mass is 15.3. The van der Waals surface area contributed by atoms with Crippen molar-refractivity contribution in [1.82, 2.24) is 4.90 Å². The molecule has 7 nitrogen and oxygen atoms in total. The quantitative estimate of drug-likeness (QED) is 0.250. The first-order valence-corrected chi connectivity index (χ1v) is 9.75. The SMILES string of the molecule is Cc1cc(CC(C)C)cc(N2CCN(C/C(N)=C/C=C\N)CC2)c1C(=N)N=N. The zero-order chi connectivity index (χ0) is 20.7. The molecule has 152 valence electrons. The molecule has 1 aromatic carbocycles. The summed E-state index contributed by atoms with van der Waals surface area (Å²) in [7, 11) is 0. The fourth-order valence-corrected chi connectivity index (χ4v) is 3.68. The second kappa shape index (κ2) is 10.0. The minimum Gasteiger partial charge on any atom is -0.405 e. The highest BCUT2D eigenvalue weighted by Crippen LogP contribution is 2.29. The molecule has 0 amide bonds. The molecule has 0 aromatic heterocycles. The van der Waals surface area contributed by atoms with E-state index in [0.29, 0.717) is 5.92 Å². The summed E-state index contributed by atoms with van der Waals surface area (Å²) in [5.74, 6) is 0.583. The number of anilines is 1. The van der Waals surface area contributed by atoms with Crippen LogP contribution in [0.5, 0.6) is 0 Å². The normalized spacial score (nSPS) is 16.1. The molecule has 1 saturated heterocycles. The predicted molar refractivity (Wildman–Crippen MR) is 116 cm³/mol. The van der Waals surface area contributed by atoms with Gasteiger partial charge >= 0.3 is 0 Å². The van der Waals surface area contributed by atoms with Crippen molar-refractivity contribution < 1.29 is 0 Å². The number of nitrogens with zero attached hydrogens (tertiary/aromatic N) is 3. The first kappa shape index (κ1) is 21.6. The highest BCUT2D eigenvalue weighted by Gasteiger charge is 2.23. The lowest BCUT2D eigenvalue weighted by Gasteiger charge is -2.37. The highest BCUT2D eigenvalue weighted by molar-refractivity contribution is 6.03. The second-order valence-electron chi connectivity index (χ2n) is 7.75. The van der Waals surface area contributed by atoms with E-state index in [0.717, 1.165) is 61.7 Å². The minimum atomic E-state index is 0.0202. The second-order valence-corrected chi connectivity index (χ2v) is 7.75. The lowest BCUT2D eigenvalue weighted by atomic mass is 9.95. The van der Waals surface area contributed by atoms with Crippen LogP contribution in [0.25, 0.3) is 0 Å². The number of hydrogen-bond donors (Lipinski definition) is 4. The number of piperazine rings is 1. The molecule has 28 heavy (non-hydrogen) atoms. The maximum Gasteiger partial charge on any atom is 0.176 e. The molecule has 0 aliphatic carbocycles. The number of allylic oxidation sites excluding steroid dienone is 2. The van der Waals surface area contributed by atoms with Crippen LogP contribution in [0.1, 0.15) is 30.5 Å². The molecule has 6 N–H and O–H groups in total. The van der Waals surface area contributed by atoms with Gasteiger partial charge in [0, 0.05) is 49.7 Å². The molecular weight excluding hydrogens is 350 g/mol. The first-order chi connectivity index (χ1) is 13.3. The Labute approximate surface area is 168 Å². The summed E-state index contributed by atoms with van der Waals surface area (Å²) in [6.07, 6.45) is 6.05. The molecule has 1 aliphatic rings. The largest absolute Gasteiger partial charge is 0.405 e. The van der Waals surface area contributed by atoms with Crippen LogP contribution in [0.3, 0.4) is 0 Å². The number of benzene rings is 1. The molecular formula is C21H33N7. The van der Waals surface area contributed by atoms with Gasteiger partial charge in [0.15, 0.2) is 5.84 Å². The summed E-state index contributed by atoms with van der Waals surface area (Å²) in [6, 6.07) is 4.31. The predicted octanol–water partition coefficient (Wildman–Crippen LogP) is 2.99. The van der Waals surface area contributed by atoms with Crippen LogP contribution in [0, 0.1) is 23.8 Å². The monoisotopic (exact) mass is 383 g/mol. The average Bonchev–Trinajstić information content (AvgIpc) is 2.65. The van der Waals surface area contributed by atoms with Crippen molar-refractivity contribution in [2.24, 2.45) is 22.5 Å². The van der Waals surface area contributed by atoms with E-state index in [-0.39, 0.29) is 5.84 Å². The van der Waals surface area contributed by atoms with E-state index in [9.17, 15) is 0 Å². The van der Waals surface area contributed by atoms with Crippen LogP contribution in [0.15, 0.2) is 41.3 Å². The molecule has 0 atom stereocenters. The van der Waals surface area contributed by atoms with Crippen molar-refractivity contribution in [2.75, 3.05) is 37.6 Å². The Bertz CT molecular complexity index is 756. The van der Waals surface area contributed by atoms with E-state index in [1.807, 2.05) is 13.0 Å². The maximum atomic E-state index is 8.16. The lowest BCUT2D eigenvalue weighted by molar-refractivity contribution is 0.277. The van der Waals surface area contributed by atoms with Gasteiger partial charge in [-0.2, -0.15) is 0 Å². The third-order valence-electron chi connectivity index (χ3n) is 4.91. The Morgan fingerprint density at radius 3 is 2.50 bits per heavy atom. The summed E-state index contributed by atoms with van der Waals surface area (Å²) in [6.45, 7) is 10.6. The summed E-state index contributed by atoms with van der Waals surface area (Å²) < 4.78 is 0. The molecule has 2 rings (SSSR count). The first-order valence-electron chi connectivity index (χ1n) is 9.75. The molecule has 0 radical (unpaired) electrons. The van der Waals surface area contributed by atoms with Crippen molar-refractivity contribution in [3.8, 4) is 0 Å². The molecule has 1 aliphatic heterocycles. The number of hydrogen-bond acceptors (Lipinski definition) is 6. The smallest absolute Gasteiger partial charge is 0.176 e. The van der Waals surface area contributed by atoms with Crippen LogP contribution in [-0.2, 0) is 6.42 Å². The van der Waals surface area contributed by atoms with Gasteiger partial charge < -0.3 is 16.4 Å². The third kappa shape index (κ3) is 5.66. The fraction of sp³-hybridized carbons (Fsp3) is 0.476. The fourth-order valence-electron chi connectivity index (χ4n) is 3.68. The summed E-state index contributed by atoms with van der Waals surface area (Å²) >= 11 is 0. The number of nitrogens with two attached hydrogens (primary N) is 2. The van der Waals surface area contributed by atoms with Crippen molar-refractivity contribution in [3.63, 3.8) is 0 Å². The Balaban J connectivity index is 2.21. The molecule has 7 heteroatoms. The van der Waals surface area contributed by atoms with Crippen LogP contribution >= 0.6 is 0 Å². The van der Waals surface area contributed by atoms with Crippen molar-refractivity contribution in [3.05, 3.63) is 52.9 Å². The van der Waals surface area contributed by atoms with E-state index in [1.165, 1.54) is 11.8 Å². The number of nitrogens with one attached hydrogen (secondary N) is 2. The maximum absolute atomic E-state index is 8.16. The van der Waals surface area contributed by atoms with Gasteiger partial charge in [-0.15, -0.1) is 5.11 Å². The molecule has 1 heterocycles. The van der Waals surface area contributed by atoms with Gasteiger partial charge in [-0.05, 0) is 54.8 Å². The Morgan fingerprint density at radius 1 is 1.25 bits per heavy atom. The average molecular weight is 384 g/mol. The Kier molecular flexibility index (Phi) is 7.75. The summed E-state index contributed by atoms with van der Waals surface area (Å²) in [4.78, 5) is 4.62. The third-order valence-corrected chi connectivity index (χ3v) is 4.91. The Morgan fingerprint density at radius 2 is 1.93 bits per heavy atom. The van der Waals surface area contributed by atoms with Gasteiger partial charge in [0.05, 0.1) is 0 Å². The minimum absolute atomic E-state index is 0.0202. The van der Waals surface area contributed by atoms with Gasteiger partial charge in [0.1, 0.15) is 0 Å². The zero-order valence-electron chi connectivity index (χ0n) is 17.2.